The largest absolute Gasteiger partial charge is 0.312 e. The van der Waals surface area contributed by atoms with Gasteiger partial charge in [0.15, 0.2) is 5.78 Å². The molecule has 0 aliphatic carbocycles. The van der Waals surface area contributed by atoms with Gasteiger partial charge in [0, 0.05) is 24.2 Å². The minimum Gasteiger partial charge on any atom is -0.312 e. The van der Waals surface area contributed by atoms with Crippen LogP contribution in [0.3, 0.4) is 0 Å². The van der Waals surface area contributed by atoms with Crippen LogP contribution in [0.15, 0.2) is 18.2 Å². The Labute approximate surface area is 141 Å². The second-order valence-electron chi connectivity index (χ2n) is 6.40. The Hall–Kier alpha value is -1.16. The van der Waals surface area contributed by atoms with Gasteiger partial charge in [0.2, 0.25) is 5.91 Å². The highest BCUT2D eigenvalue weighted by Gasteiger charge is 2.27. The highest BCUT2D eigenvalue weighted by Crippen LogP contribution is 2.31. The molecule has 1 aromatic carbocycles. The Balaban J connectivity index is 2.27. The van der Waals surface area contributed by atoms with Crippen LogP contribution in [0.2, 0.25) is 0 Å². The molecule has 0 atom stereocenters. The van der Waals surface area contributed by atoms with Crippen LogP contribution in [-0.2, 0) is 11.2 Å². The third-order valence-electron chi connectivity index (χ3n) is 4.05. The van der Waals surface area contributed by atoms with Gasteiger partial charge in [-0.2, -0.15) is 0 Å². The number of ketones is 1. The molecule has 1 amide bonds. The molecule has 0 saturated heterocycles. The van der Waals surface area contributed by atoms with Gasteiger partial charge in [0.05, 0.1) is 4.32 Å². The van der Waals surface area contributed by atoms with Crippen molar-refractivity contribution in [3.63, 3.8) is 0 Å². The first-order chi connectivity index (χ1) is 10.3. The standard InChI is InChI=1S/C18H24BrNO2/c1-4-5-8-16(21)20-11-6-7-13-12-14(9-10-15(13)20)17(22)18(2,3)19/h9-10,12H,4-8,11H2,1-3H3. The average molecular weight is 366 g/mol. The zero-order chi connectivity index (χ0) is 16.3. The summed E-state index contributed by atoms with van der Waals surface area (Å²) in [6.07, 6.45) is 4.45. The Morgan fingerprint density at radius 2 is 2.05 bits per heavy atom. The Kier molecular flexibility index (Phi) is 5.43. The van der Waals surface area contributed by atoms with E-state index in [1.165, 1.54) is 0 Å². The third kappa shape index (κ3) is 3.78. The van der Waals surface area contributed by atoms with Crippen LogP contribution < -0.4 is 4.90 Å². The van der Waals surface area contributed by atoms with Gasteiger partial charge in [0.25, 0.3) is 0 Å². The van der Waals surface area contributed by atoms with E-state index in [0.717, 1.165) is 43.5 Å². The van der Waals surface area contributed by atoms with E-state index in [-0.39, 0.29) is 11.7 Å². The fourth-order valence-corrected chi connectivity index (χ4v) is 3.03. The lowest BCUT2D eigenvalue weighted by Crippen LogP contribution is -2.35. The van der Waals surface area contributed by atoms with E-state index in [4.69, 9.17) is 0 Å². The Bertz CT molecular complexity index is 575. The summed E-state index contributed by atoms with van der Waals surface area (Å²) in [7, 11) is 0. The molecule has 3 nitrogen and oxygen atoms in total. The summed E-state index contributed by atoms with van der Waals surface area (Å²) in [5.41, 5.74) is 2.80. The number of Topliss-reactive ketones (excluding diaryl/α,β-unsaturated/α-hetero) is 1. The lowest BCUT2D eigenvalue weighted by atomic mass is 9.94. The number of alkyl halides is 1. The van der Waals surface area contributed by atoms with Crippen molar-refractivity contribution >= 4 is 33.3 Å². The molecule has 0 radical (unpaired) electrons. The summed E-state index contributed by atoms with van der Waals surface area (Å²) >= 11 is 3.43. The van der Waals surface area contributed by atoms with Crippen LogP contribution in [0, 0.1) is 0 Å². The molecule has 1 aliphatic heterocycles. The maximum Gasteiger partial charge on any atom is 0.226 e. The van der Waals surface area contributed by atoms with Crippen LogP contribution in [-0.4, -0.2) is 22.6 Å². The van der Waals surface area contributed by atoms with Gasteiger partial charge in [-0.15, -0.1) is 0 Å². The van der Waals surface area contributed by atoms with Gasteiger partial charge in [-0.25, -0.2) is 0 Å². The van der Waals surface area contributed by atoms with Crippen LogP contribution in [0.5, 0.6) is 0 Å². The van der Waals surface area contributed by atoms with Crippen molar-refractivity contribution in [2.24, 2.45) is 0 Å². The molecule has 4 heteroatoms. The first-order valence-electron chi connectivity index (χ1n) is 8.01. The molecule has 0 unspecified atom stereocenters. The van der Waals surface area contributed by atoms with Gasteiger partial charge in [0.1, 0.15) is 0 Å². The van der Waals surface area contributed by atoms with Gasteiger partial charge in [-0.05, 0) is 56.9 Å². The molecule has 0 spiro atoms. The van der Waals surface area contributed by atoms with Crippen molar-refractivity contribution in [2.75, 3.05) is 11.4 Å². The van der Waals surface area contributed by atoms with Crippen molar-refractivity contribution in [1.82, 2.24) is 0 Å². The average Bonchev–Trinajstić information content (AvgIpc) is 2.49. The Morgan fingerprint density at radius 1 is 1.32 bits per heavy atom. The maximum atomic E-state index is 12.4. The van der Waals surface area contributed by atoms with E-state index in [1.807, 2.05) is 36.9 Å². The van der Waals surface area contributed by atoms with Gasteiger partial charge >= 0.3 is 0 Å². The number of anilines is 1. The van der Waals surface area contributed by atoms with E-state index in [1.54, 1.807) is 0 Å². The molecule has 0 N–H and O–H groups in total. The lowest BCUT2D eigenvalue weighted by Gasteiger charge is -2.30. The number of carbonyl (C=O) groups excluding carboxylic acids is 2. The smallest absolute Gasteiger partial charge is 0.226 e. The van der Waals surface area contributed by atoms with E-state index in [2.05, 4.69) is 22.9 Å². The van der Waals surface area contributed by atoms with Crippen LogP contribution in [0.4, 0.5) is 5.69 Å². The molecule has 2 rings (SSSR count). The number of hydrogen-bond donors (Lipinski definition) is 0. The summed E-state index contributed by atoms with van der Waals surface area (Å²) in [6.45, 7) is 6.59. The molecule has 120 valence electrons. The lowest BCUT2D eigenvalue weighted by molar-refractivity contribution is -0.118. The fourth-order valence-electron chi connectivity index (χ4n) is 2.80. The molecular formula is C18H24BrNO2. The normalized spacial score (nSPS) is 14.6. The Morgan fingerprint density at radius 3 is 2.68 bits per heavy atom. The van der Waals surface area contributed by atoms with E-state index < -0.39 is 4.32 Å². The van der Waals surface area contributed by atoms with Gasteiger partial charge < -0.3 is 4.90 Å². The minimum absolute atomic E-state index is 0.0738. The molecule has 1 aromatic rings. The van der Waals surface area contributed by atoms with Crippen LogP contribution in [0.1, 0.15) is 62.4 Å². The molecule has 1 heterocycles. The van der Waals surface area contributed by atoms with Gasteiger partial charge in [-0.1, -0.05) is 29.3 Å². The number of aryl methyl sites for hydroxylation is 1. The highest BCUT2D eigenvalue weighted by molar-refractivity contribution is 9.10. The molecule has 0 bridgehead atoms. The zero-order valence-electron chi connectivity index (χ0n) is 13.6. The number of rotatable bonds is 5. The first-order valence-corrected chi connectivity index (χ1v) is 8.81. The number of nitrogens with zero attached hydrogens (tertiary/aromatic N) is 1. The van der Waals surface area contributed by atoms with Crippen molar-refractivity contribution in [2.45, 2.75) is 57.2 Å². The van der Waals surface area contributed by atoms with Crippen molar-refractivity contribution in [3.8, 4) is 0 Å². The predicted octanol–water partition coefficient (Wildman–Crippen LogP) is 4.51. The molecular weight excluding hydrogens is 342 g/mol. The number of carbonyl (C=O) groups is 2. The summed E-state index contributed by atoms with van der Waals surface area (Å²) in [6, 6.07) is 5.74. The van der Waals surface area contributed by atoms with Crippen LogP contribution >= 0.6 is 15.9 Å². The second-order valence-corrected chi connectivity index (χ2v) is 8.38. The summed E-state index contributed by atoms with van der Waals surface area (Å²) in [4.78, 5) is 26.6. The monoisotopic (exact) mass is 365 g/mol. The number of fused-ring (bicyclic) bond motifs is 1. The third-order valence-corrected chi connectivity index (χ3v) is 4.41. The highest BCUT2D eigenvalue weighted by atomic mass is 79.9. The minimum atomic E-state index is -0.563. The van der Waals surface area contributed by atoms with E-state index >= 15 is 0 Å². The maximum absolute atomic E-state index is 12.4. The van der Waals surface area contributed by atoms with Crippen molar-refractivity contribution in [3.05, 3.63) is 29.3 Å². The van der Waals surface area contributed by atoms with Crippen LogP contribution in [0.25, 0.3) is 0 Å². The topological polar surface area (TPSA) is 37.4 Å². The molecule has 0 aromatic heterocycles. The molecule has 22 heavy (non-hydrogen) atoms. The van der Waals surface area contributed by atoms with Gasteiger partial charge in [-0.3, -0.25) is 9.59 Å². The van der Waals surface area contributed by atoms with E-state index in [9.17, 15) is 9.59 Å². The summed E-state index contributed by atoms with van der Waals surface area (Å²) < 4.78 is -0.563. The first kappa shape index (κ1) is 17.2. The summed E-state index contributed by atoms with van der Waals surface area (Å²) in [5, 5.41) is 0. The molecule has 1 aliphatic rings. The number of unbranched alkanes of at least 4 members (excludes halogenated alkanes) is 1. The summed E-state index contributed by atoms with van der Waals surface area (Å²) in [5.74, 6) is 0.271. The fraction of sp³-hybridized carbons (Fsp3) is 0.556. The number of halogens is 1. The number of hydrogen-bond acceptors (Lipinski definition) is 2. The SMILES string of the molecule is CCCCC(=O)N1CCCc2cc(C(=O)C(C)(C)Br)ccc21. The van der Waals surface area contributed by atoms with Crippen molar-refractivity contribution in [1.29, 1.82) is 0 Å². The predicted molar refractivity (Wildman–Crippen MR) is 94.0 cm³/mol. The molecule has 0 saturated carbocycles. The second kappa shape index (κ2) is 6.95. The zero-order valence-corrected chi connectivity index (χ0v) is 15.2. The van der Waals surface area contributed by atoms with E-state index in [0.29, 0.717) is 12.0 Å². The quantitative estimate of drug-likeness (QED) is 0.568. The number of benzene rings is 1. The molecule has 0 fully saturated rings. The van der Waals surface area contributed by atoms with Crippen molar-refractivity contribution < 1.29 is 9.59 Å². The number of amides is 1.